The predicted octanol–water partition coefficient (Wildman–Crippen LogP) is 3.53. The summed E-state index contributed by atoms with van der Waals surface area (Å²) in [6.45, 7) is 2.97. The third-order valence-electron chi connectivity index (χ3n) is 3.35. The first kappa shape index (κ1) is 17.6. The van der Waals surface area contributed by atoms with Crippen molar-refractivity contribution in [2.24, 2.45) is 0 Å². The van der Waals surface area contributed by atoms with Gasteiger partial charge < -0.3 is 14.8 Å². The van der Waals surface area contributed by atoms with Gasteiger partial charge in [-0.25, -0.2) is 0 Å². The molecular formula is C15H16F3NO3S. The lowest BCUT2D eigenvalue weighted by molar-refractivity contribution is -0.274. The second-order valence-corrected chi connectivity index (χ2v) is 6.47. The van der Waals surface area contributed by atoms with Crippen LogP contribution in [0.15, 0.2) is 28.7 Å². The monoisotopic (exact) mass is 347 g/mol. The summed E-state index contributed by atoms with van der Waals surface area (Å²) < 4.78 is 44.6. The lowest BCUT2D eigenvalue weighted by atomic mass is 9.95. The van der Waals surface area contributed by atoms with Crippen LogP contribution in [0.3, 0.4) is 0 Å². The van der Waals surface area contributed by atoms with Crippen LogP contribution in [-0.2, 0) is 5.60 Å². The molecule has 0 aromatic carbocycles. The van der Waals surface area contributed by atoms with Crippen molar-refractivity contribution in [3.8, 4) is 0 Å². The quantitative estimate of drug-likeness (QED) is 0.870. The van der Waals surface area contributed by atoms with Gasteiger partial charge in [-0.1, -0.05) is 0 Å². The van der Waals surface area contributed by atoms with E-state index in [2.05, 4.69) is 5.32 Å². The molecule has 0 radical (unpaired) electrons. The van der Waals surface area contributed by atoms with Crippen LogP contribution in [0, 0.1) is 13.8 Å². The molecule has 2 N–H and O–H groups in total. The zero-order valence-electron chi connectivity index (χ0n) is 12.5. The summed E-state index contributed by atoms with van der Waals surface area (Å²) >= 11 is 1.24. The molecule has 2 aromatic rings. The molecule has 0 saturated heterocycles. The number of halogens is 3. The molecule has 0 aliphatic carbocycles. The Morgan fingerprint density at radius 1 is 1.26 bits per heavy atom. The number of furan rings is 1. The molecule has 0 aliphatic heterocycles. The van der Waals surface area contributed by atoms with Crippen molar-refractivity contribution in [1.29, 1.82) is 0 Å². The number of aryl methyl sites for hydroxylation is 2. The van der Waals surface area contributed by atoms with E-state index in [1.165, 1.54) is 24.3 Å². The maximum Gasteiger partial charge on any atom is 0.424 e. The fraction of sp³-hybridized carbons (Fsp3) is 0.400. The van der Waals surface area contributed by atoms with Crippen LogP contribution in [0.25, 0.3) is 0 Å². The van der Waals surface area contributed by atoms with E-state index < -0.39 is 29.9 Å². The number of aliphatic hydroxyl groups is 1. The topological polar surface area (TPSA) is 62.5 Å². The van der Waals surface area contributed by atoms with E-state index in [9.17, 15) is 23.1 Å². The van der Waals surface area contributed by atoms with Crippen molar-refractivity contribution < 1.29 is 27.5 Å². The minimum absolute atomic E-state index is 0.265. The SMILES string of the molecule is Cc1ccc([C@@](O)(CCNC(=O)c2ccc(C)s2)C(F)(F)F)o1. The van der Waals surface area contributed by atoms with Crippen molar-refractivity contribution in [1.82, 2.24) is 5.32 Å². The zero-order valence-corrected chi connectivity index (χ0v) is 13.3. The van der Waals surface area contributed by atoms with Gasteiger partial charge in [-0.3, -0.25) is 4.79 Å². The molecule has 2 aromatic heterocycles. The number of rotatable bonds is 5. The number of alkyl halides is 3. The van der Waals surface area contributed by atoms with Gasteiger partial charge in [0.15, 0.2) is 0 Å². The standard InChI is InChI=1S/C15H16F3NO3S/c1-9-3-6-12(22-9)14(21,15(16,17)18)7-8-19-13(20)11-5-4-10(2)23-11/h3-6,21H,7-8H2,1-2H3,(H,19,20)/t14-/m0/s1. The average Bonchev–Trinajstić information content (AvgIpc) is 3.06. The van der Waals surface area contributed by atoms with Crippen LogP contribution < -0.4 is 5.32 Å². The highest BCUT2D eigenvalue weighted by Crippen LogP contribution is 2.42. The van der Waals surface area contributed by atoms with Gasteiger partial charge in [-0.05, 0) is 38.1 Å². The van der Waals surface area contributed by atoms with Gasteiger partial charge >= 0.3 is 6.18 Å². The lowest BCUT2D eigenvalue weighted by Gasteiger charge is -2.28. The molecule has 1 atom stereocenters. The predicted molar refractivity (Wildman–Crippen MR) is 79.4 cm³/mol. The summed E-state index contributed by atoms with van der Waals surface area (Å²) in [6.07, 6.45) is -5.65. The van der Waals surface area contributed by atoms with Crippen molar-refractivity contribution in [3.63, 3.8) is 0 Å². The van der Waals surface area contributed by atoms with Crippen LogP contribution in [0.1, 0.15) is 32.5 Å². The molecular weight excluding hydrogens is 331 g/mol. The van der Waals surface area contributed by atoms with Gasteiger partial charge in [0.25, 0.3) is 5.91 Å². The third-order valence-corrected chi connectivity index (χ3v) is 4.35. The van der Waals surface area contributed by atoms with Crippen molar-refractivity contribution in [3.05, 3.63) is 45.5 Å². The second kappa shape index (κ2) is 6.37. The number of hydrogen-bond acceptors (Lipinski definition) is 4. The molecule has 0 fully saturated rings. The minimum atomic E-state index is -4.92. The Balaban J connectivity index is 2.06. The van der Waals surface area contributed by atoms with Crippen LogP contribution in [0.5, 0.6) is 0 Å². The number of nitrogens with one attached hydrogen (secondary N) is 1. The van der Waals surface area contributed by atoms with Crippen LogP contribution in [0.4, 0.5) is 13.2 Å². The molecule has 126 valence electrons. The molecule has 23 heavy (non-hydrogen) atoms. The summed E-state index contributed by atoms with van der Waals surface area (Å²) in [5, 5.41) is 12.4. The van der Waals surface area contributed by atoms with E-state index in [0.717, 1.165) is 10.9 Å². The van der Waals surface area contributed by atoms with Crippen molar-refractivity contribution >= 4 is 17.2 Å². The number of amides is 1. The Hall–Kier alpha value is -1.80. The molecule has 0 unspecified atom stereocenters. The molecule has 2 rings (SSSR count). The Bertz CT molecular complexity index is 692. The van der Waals surface area contributed by atoms with Gasteiger partial charge in [0.2, 0.25) is 5.60 Å². The van der Waals surface area contributed by atoms with Gasteiger partial charge in [0.1, 0.15) is 11.5 Å². The van der Waals surface area contributed by atoms with Gasteiger partial charge in [0, 0.05) is 17.8 Å². The lowest BCUT2D eigenvalue weighted by Crippen LogP contribution is -2.44. The Morgan fingerprint density at radius 3 is 2.43 bits per heavy atom. The Labute approximate surface area is 134 Å². The highest BCUT2D eigenvalue weighted by molar-refractivity contribution is 7.13. The average molecular weight is 347 g/mol. The van der Waals surface area contributed by atoms with Crippen LogP contribution in [0.2, 0.25) is 0 Å². The third kappa shape index (κ3) is 3.76. The first-order valence-electron chi connectivity index (χ1n) is 6.84. The van der Waals surface area contributed by atoms with E-state index in [1.54, 1.807) is 12.1 Å². The summed E-state index contributed by atoms with van der Waals surface area (Å²) in [6, 6.07) is 5.78. The number of hydrogen-bond donors (Lipinski definition) is 2. The normalized spacial score (nSPS) is 14.5. The van der Waals surface area contributed by atoms with E-state index in [-0.39, 0.29) is 12.3 Å². The maximum atomic E-state index is 13.2. The molecule has 1 amide bonds. The highest BCUT2D eigenvalue weighted by Gasteiger charge is 2.56. The first-order valence-corrected chi connectivity index (χ1v) is 7.66. The van der Waals surface area contributed by atoms with E-state index in [1.807, 2.05) is 6.92 Å². The molecule has 4 nitrogen and oxygen atoms in total. The van der Waals surface area contributed by atoms with Crippen LogP contribution >= 0.6 is 11.3 Å². The second-order valence-electron chi connectivity index (χ2n) is 5.18. The van der Waals surface area contributed by atoms with E-state index >= 15 is 0 Å². The van der Waals surface area contributed by atoms with Gasteiger partial charge in [0.05, 0.1) is 4.88 Å². The molecule has 8 heteroatoms. The highest BCUT2D eigenvalue weighted by atomic mass is 32.1. The Kier molecular flexibility index (Phi) is 4.86. The molecule has 0 spiro atoms. The molecule has 0 aliphatic rings. The summed E-state index contributed by atoms with van der Waals surface area (Å²) in [5.41, 5.74) is -3.14. The first-order chi connectivity index (χ1) is 10.6. The zero-order chi connectivity index (χ0) is 17.3. The number of thiophene rings is 1. The van der Waals surface area contributed by atoms with Crippen molar-refractivity contribution in [2.75, 3.05) is 6.54 Å². The molecule has 0 bridgehead atoms. The fourth-order valence-electron chi connectivity index (χ4n) is 2.06. The number of carbonyl (C=O) groups excluding carboxylic acids is 1. The Morgan fingerprint density at radius 2 is 1.96 bits per heavy atom. The molecule has 0 saturated carbocycles. The smallest absolute Gasteiger partial charge is 0.424 e. The summed E-state index contributed by atoms with van der Waals surface area (Å²) in [5.74, 6) is -0.785. The van der Waals surface area contributed by atoms with E-state index in [0.29, 0.717) is 4.88 Å². The number of carbonyl (C=O) groups is 1. The van der Waals surface area contributed by atoms with Crippen molar-refractivity contribution in [2.45, 2.75) is 32.0 Å². The largest absolute Gasteiger partial charge is 0.463 e. The molecule has 2 heterocycles. The van der Waals surface area contributed by atoms with Gasteiger partial charge in [-0.2, -0.15) is 13.2 Å². The minimum Gasteiger partial charge on any atom is -0.463 e. The maximum absolute atomic E-state index is 13.2. The summed E-state index contributed by atoms with van der Waals surface area (Å²) in [4.78, 5) is 13.2. The van der Waals surface area contributed by atoms with Crippen LogP contribution in [-0.4, -0.2) is 23.7 Å². The summed E-state index contributed by atoms with van der Waals surface area (Å²) in [7, 11) is 0. The van der Waals surface area contributed by atoms with E-state index in [4.69, 9.17) is 4.42 Å². The van der Waals surface area contributed by atoms with Gasteiger partial charge in [-0.15, -0.1) is 11.3 Å². The fourth-order valence-corrected chi connectivity index (χ4v) is 2.85.